The fourth-order valence-electron chi connectivity index (χ4n) is 1.54. The topological polar surface area (TPSA) is 108 Å². The van der Waals surface area contributed by atoms with Gasteiger partial charge in [0, 0.05) is 6.42 Å². The molecular weight excluding hydrogens is 319 g/mol. The minimum absolute atomic E-state index is 0.0134. The van der Waals surface area contributed by atoms with Crippen LogP contribution in [-0.2, 0) is 6.42 Å². The second-order valence-electron chi connectivity index (χ2n) is 4.03. The van der Waals surface area contributed by atoms with E-state index in [-0.39, 0.29) is 27.1 Å². The Balaban J connectivity index is 2.27. The number of hydrogen-bond acceptors (Lipinski definition) is 4. The largest absolute Gasteiger partial charge is 0.478 e. The van der Waals surface area contributed by atoms with E-state index in [1.807, 2.05) is 6.92 Å². The number of rotatable bonds is 4. The van der Waals surface area contributed by atoms with Gasteiger partial charge in [-0.2, -0.15) is 0 Å². The van der Waals surface area contributed by atoms with Crippen molar-refractivity contribution >= 4 is 40.8 Å². The summed E-state index contributed by atoms with van der Waals surface area (Å²) in [4.78, 5) is 26.8. The average molecular weight is 329 g/mol. The third-order valence-corrected chi connectivity index (χ3v) is 3.19. The Kier molecular flexibility index (Phi) is 4.44. The molecule has 1 heterocycles. The van der Waals surface area contributed by atoms with Gasteiger partial charge in [-0.05, 0) is 12.1 Å². The molecule has 1 aromatic heterocycles. The molecular formula is C12H10Cl2N4O3. The standard InChI is InChI=1S/C12H10Cl2N4O3/c1-2-8-15-10(18-17-8)11(19)16-9-6(13)3-5(12(20)21)4-7(9)14/h3-4H,2H2,1H3,(H,16,19)(H,20,21)(H,15,17,18). The second-order valence-corrected chi connectivity index (χ2v) is 4.85. The smallest absolute Gasteiger partial charge is 0.335 e. The number of carbonyl (C=O) groups excluding carboxylic acids is 1. The lowest BCUT2D eigenvalue weighted by Crippen LogP contribution is -2.15. The number of hydrogen-bond donors (Lipinski definition) is 3. The minimum Gasteiger partial charge on any atom is -0.478 e. The number of aryl methyl sites for hydroxylation is 1. The number of halogens is 2. The highest BCUT2D eigenvalue weighted by Gasteiger charge is 2.17. The third kappa shape index (κ3) is 3.32. The Labute approximate surface area is 129 Å². The maximum Gasteiger partial charge on any atom is 0.335 e. The van der Waals surface area contributed by atoms with E-state index < -0.39 is 11.9 Å². The first-order chi connectivity index (χ1) is 9.92. The first-order valence-electron chi connectivity index (χ1n) is 5.87. The van der Waals surface area contributed by atoms with Crippen molar-refractivity contribution in [3.8, 4) is 0 Å². The molecule has 1 aromatic carbocycles. The molecule has 2 rings (SSSR count). The number of H-pyrrole nitrogens is 1. The van der Waals surface area contributed by atoms with Gasteiger partial charge < -0.3 is 10.4 Å². The molecule has 110 valence electrons. The van der Waals surface area contributed by atoms with Crippen molar-refractivity contribution < 1.29 is 14.7 Å². The SMILES string of the molecule is CCc1nc(C(=O)Nc2c(Cl)cc(C(=O)O)cc2Cl)n[nH]1. The van der Waals surface area contributed by atoms with Gasteiger partial charge in [0.15, 0.2) is 0 Å². The summed E-state index contributed by atoms with van der Waals surface area (Å²) < 4.78 is 0. The molecule has 0 fully saturated rings. The number of carboxylic acids is 1. The fraction of sp³-hybridized carbons (Fsp3) is 0.167. The molecule has 0 saturated carbocycles. The van der Waals surface area contributed by atoms with Gasteiger partial charge in [-0.1, -0.05) is 30.1 Å². The number of nitrogens with zero attached hydrogens (tertiary/aromatic N) is 2. The van der Waals surface area contributed by atoms with Gasteiger partial charge in [0.05, 0.1) is 21.3 Å². The average Bonchev–Trinajstić information content (AvgIpc) is 2.91. The van der Waals surface area contributed by atoms with Crippen LogP contribution in [0.1, 0.15) is 33.7 Å². The minimum atomic E-state index is -1.17. The van der Waals surface area contributed by atoms with Crippen LogP contribution in [0.5, 0.6) is 0 Å². The number of aromatic nitrogens is 3. The lowest BCUT2D eigenvalue weighted by molar-refractivity contribution is 0.0696. The highest BCUT2D eigenvalue weighted by molar-refractivity contribution is 6.40. The number of aromatic carboxylic acids is 1. The van der Waals surface area contributed by atoms with Crippen molar-refractivity contribution in [1.29, 1.82) is 0 Å². The van der Waals surface area contributed by atoms with Crippen LogP contribution in [0.15, 0.2) is 12.1 Å². The van der Waals surface area contributed by atoms with Gasteiger partial charge in [0.25, 0.3) is 5.91 Å². The number of anilines is 1. The van der Waals surface area contributed by atoms with E-state index >= 15 is 0 Å². The van der Waals surface area contributed by atoms with E-state index in [2.05, 4.69) is 20.5 Å². The quantitative estimate of drug-likeness (QED) is 0.799. The third-order valence-electron chi connectivity index (χ3n) is 2.60. The predicted octanol–water partition coefficient (Wildman–Crippen LogP) is 2.62. The lowest BCUT2D eigenvalue weighted by atomic mass is 10.2. The molecule has 7 nitrogen and oxygen atoms in total. The molecule has 0 radical (unpaired) electrons. The van der Waals surface area contributed by atoms with Crippen molar-refractivity contribution in [2.75, 3.05) is 5.32 Å². The van der Waals surface area contributed by atoms with Crippen LogP contribution in [0.25, 0.3) is 0 Å². The molecule has 9 heteroatoms. The van der Waals surface area contributed by atoms with Gasteiger partial charge in [-0.3, -0.25) is 9.89 Å². The zero-order chi connectivity index (χ0) is 15.6. The molecule has 3 N–H and O–H groups in total. The number of nitrogens with one attached hydrogen (secondary N) is 2. The predicted molar refractivity (Wildman–Crippen MR) is 77.1 cm³/mol. The summed E-state index contributed by atoms with van der Waals surface area (Å²) in [6.07, 6.45) is 0.606. The lowest BCUT2D eigenvalue weighted by Gasteiger charge is -2.08. The van der Waals surface area contributed by atoms with E-state index in [0.717, 1.165) is 0 Å². The highest BCUT2D eigenvalue weighted by Crippen LogP contribution is 2.32. The molecule has 0 spiro atoms. The van der Waals surface area contributed by atoms with Crippen LogP contribution in [0.3, 0.4) is 0 Å². The summed E-state index contributed by atoms with van der Waals surface area (Å²) in [6, 6.07) is 2.39. The molecule has 0 aliphatic heterocycles. The Morgan fingerprint density at radius 3 is 2.43 bits per heavy atom. The zero-order valence-electron chi connectivity index (χ0n) is 10.8. The maximum atomic E-state index is 12.0. The van der Waals surface area contributed by atoms with Crippen molar-refractivity contribution in [2.45, 2.75) is 13.3 Å². The summed E-state index contributed by atoms with van der Waals surface area (Å²) in [7, 11) is 0. The van der Waals surface area contributed by atoms with Crippen LogP contribution in [-0.4, -0.2) is 32.2 Å². The summed E-state index contributed by atoms with van der Waals surface area (Å²) in [6.45, 7) is 1.86. The van der Waals surface area contributed by atoms with Crippen molar-refractivity contribution in [2.24, 2.45) is 0 Å². The van der Waals surface area contributed by atoms with E-state index in [4.69, 9.17) is 28.3 Å². The van der Waals surface area contributed by atoms with Gasteiger partial charge in [-0.25, -0.2) is 9.78 Å². The Hall–Kier alpha value is -2.12. The van der Waals surface area contributed by atoms with E-state index in [1.165, 1.54) is 12.1 Å². The number of carbonyl (C=O) groups is 2. The summed E-state index contributed by atoms with van der Waals surface area (Å²) in [5.74, 6) is -1.25. The van der Waals surface area contributed by atoms with Crippen molar-refractivity contribution in [3.05, 3.63) is 39.4 Å². The number of amides is 1. The monoisotopic (exact) mass is 328 g/mol. The van der Waals surface area contributed by atoms with Crippen LogP contribution in [0.4, 0.5) is 5.69 Å². The molecule has 0 atom stereocenters. The van der Waals surface area contributed by atoms with Gasteiger partial charge in [0.1, 0.15) is 5.82 Å². The van der Waals surface area contributed by atoms with Crippen molar-refractivity contribution in [1.82, 2.24) is 15.2 Å². The van der Waals surface area contributed by atoms with Gasteiger partial charge in [0.2, 0.25) is 5.82 Å². The molecule has 0 aliphatic rings. The maximum absolute atomic E-state index is 12.0. The Morgan fingerprint density at radius 1 is 1.33 bits per heavy atom. The van der Waals surface area contributed by atoms with Crippen LogP contribution in [0.2, 0.25) is 10.0 Å². The van der Waals surface area contributed by atoms with E-state index in [9.17, 15) is 9.59 Å². The zero-order valence-corrected chi connectivity index (χ0v) is 12.3. The summed E-state index contributed by atoms with van der Waals surface area (Å²) >= 11 is 11.9. The normalized spacial score (nSPS) is 10.4. The molecule has 0 saturated heterocycles. The molecule has 0 unspecified atom stereocenters. The second kappa shape index (κ2) is 6.11. The Bertz CT molecular complexity index is 691. The first-order valence-corrected chi connectivity index (χ1v) is 6.63. The summed E-state index contributed by atoms with van der Waals surface area (Å²) in [5.41, 5.74) is 0.0327. The van der Waals surface area contributed by atoms with Crippen molar-refractivity contribution in [3.63, 3.8) is 0 Å². The molecule has 21 heavy (non-hydrogen) atoms. The molecule has 0 bridgehead atoms. The van der Waals surface area contributed by atoms with Gasteiger partial charge >= 0.3 is 5.97 Å². The summed E-state index contributed by atoms with van der Waals surface area (Å²) in [5, 5.41) is 17.7. The van der Waals surface area contributed by atoms with Crippen LogP contribution >= 0.6 is 23.2 Å². The van der Waals surface area contributed by atoms with E-state index in [0.29, 0.717) is 12.2 Å². The van der Waals surface area contributed by atoms with E-state index in [1.54, 1.807) is 0 Å². The number of aromatic amines is 1. The Morgan fingerprint density at radius 2 is 1.95 bits per heavy atom. The molecule has 0 aliphatic carbocycles. The van der Waals surface area contributed by atoms with Crippen LogP contribution in [0, 0.1) is 0 Å². The fourth-order valence-corrected chi connectivity index (χ4v) is 2.12. The molecule has 2 aromatic rings. The number of carboxylic acid groups (broad SMARTS) is 1. The highest BCUT2D eigenvalue weighted by atomic mass is 35.5. The first kappa shape index (κ1) is 15.3. The van der Waals surface area contributed by atoms with Crippen LogP contribution < -0.4 is 5.32 Å². The van der Waals surface area contributed by atoms with Gasteiger partial charge in [-0.15, -0.1) is 5.10 Å². The molecule has 1 amide bonds. The number of benzene rings is 1.